The van der Waals surface area contributed by atoms with E-state index >= 15 is 0 Å². The van der Waals surface area contributed by atoms with Gasteiger partial charge in [0.1, 0.15) is 5.75 Å². The van der Waals surface area contributed by atoms with Gasteiger partial charge in [0.15, 0.2) is 22.1 Å². The highest BCUT2D eigenvalue weighted by atomic mass is 32.2. The predicted molar refractivity (Wildman–Crippen MR) is 205 cm³/mol. The number of anilines is 1. The van der Waals surface area contributed by atoms with Gasteiger partial charge in [-0.25, -0.2) is 18.6 Å². The van der Waals surface area contributed by atoms with E-state index < -0.39 is 74.0 Å². The van der Waals surface area contributed by atoms with Crippen molar-refractivity contribution < 1.29 is 75.8 Å². The van der Waals surface area contributed by atoms with Crippen molar-refractivity contribution in [2.24, 2.45) is 0 Å². The molecule has 4 rings (SSSR count). The summed E-state index contributed by atoms with van der Waals surface area (Å²) in [4.78, 5) is 7.15. The van der Waals surface area contributed by atoms with E-state index in [0.29, 0.717) is 33.2 Å². The second-order valence-electron chi connectivity index (χ2n) is 13.3. The van der Waals surface area contributed by atoms with Gasteiger partial charge in [0.25, 0.3) is 30.4 Å². The molecule has 0 spiro atoms. The molecule has 0 aromatic heterocycles. The van der Waals surface area contributed by atoms with Crippen LogP contribution in [-0.4, -0.2) is 111 Å². The summed E-state index contributed by atoms with van der Waals surface area (Å²) in [6, 6.07) is 9.42. The van der Waals surface area contributed by atoms with E-state index in [0.717, 1.165) is 29.6 Å². The fraction of sp³-hybridized carbons (Fsp3) is 0.452. The molecule has 2 aliphatic rings. The lowest BCUT2D eigenvalue weighted by Crippen LogP contribution is -2.30. The van der Waals surface area contributed by atoms with Crippen LogP contribution in [0.3, 0.4) is 0 Å². The molecule has 2 heterocycles. The molecule has 0 saturated carbocycles. The third-order valence-corrected chi connectivity index (χ3v) is 14.0. The van der Waals surface area contributed by atoms with Crippen LogP contribution < -0.4 is 4.90 Å². The van der Waals surface area contributed by atoms with Crippen LogP contribution >= 0.6 is 24.1 Å². The molecular formula is C31H41N2O16S6+. The van der Waals surface area contributed by atoms with Crippen LogP contribution in [0.25, 0.3) is 0 Å². The monoisotopic (exact) mass is 889 g/mol. The molecule has 0 atom stereocenters. The summed E-state index contributed by atoms with van der Waals surface area (Å²) in [5.74, 6) is -2.84. The maximum absolute atomic E-state index is 13.0. The van der Waals surface area contributed by atoms with Gasteiger partial charge in [-0.05, 0) is 55.8 Å². The van der Waals surface area contributed by atoms with Crippen LogP contribution in [0, 0.1) is 0 Å². The summed E-state index contributed by atoms with van der Waals surface area (Å²) >= 11 is 1.72. The Bertz CT molecular complexity index is 2300. The molecule has 4 N–H and O–H groups in total. The van der Waals surface area contributed by atoms with Crippen molar-refractivity contribution in [3.63, 3.8) is 0 Å². The number of hydrogen-bond donors (Lipinski definition) is 4. The summed E-state index contributed by atoms with van der Waals surface area (Å²) in [5.41, 5.74) is 1.80. The third kappa shape index (κ3) is 11.8. The number of allylic oxidation sites excluding steroid dienone is 4. The standard InChI is InChI=1S/C31H40N2O16S6/c1-30(2)24-20-22(51-48-46-14-15-50-49-47-34)8-10-26(24)32(12-16-53(37,38)39)28(30)6-5-7-29-31(3,4)25-21-23(52(35,36)18-19-55(43,44)45)9-11-27(25)33(29)13-17-54(40,41)42/h5-11,20-21H,12-19H2,1-4H3,(H3-,34,37,38,39,40,41,42,43,44,45)/p+1. The zero-order valence-electron chi connectivity index (χ0n) is 29.9. The summed E-state index contributed by atoms with van der Waals surface area (Å²) in [7, 11) is -17.5. The van der Waals surface area contributed by atoms with Crippen molar-refractivity contribution in [2.75, 3.05) is 53.4 Å². The maximum Gasteiger partial charge on any atom is 0.271 e. The highest BCUT2D eigenvalue weighted by molar-refractivity contribution is 7.95. The molecule has 0 saturated heterocycles. The fourth-order valence-corrected chi connectivity index (χ4v) is 10.3. The Morgan fingerprint density at radius 1 is 0.800 bits per heavy atom. The topological polar surface area (TPSA) is 261 Å². The minimum atomic E-state index is -4.56. The lowest BCUT2D eigenvalue weighted by Gasteiger charge is -2.26. The molecule has 24 heteroatoms. The number of hydrogen-bond acceptors (Lipinski definition) is 16. The molecule has 2 aromatic carbocycles. The highest BCUT2D eigenvalue weighted by Gasteiger charge is 2.45. The second kappa shape index (κ2) is 17.6. The van der Waals surface area contributed by atoms with E-state index in [4.69, 9.17) is 19.0 Å². The Balaban J connectivity index is 1.72. The Kier molecular flexibility index (Phi) is 14.5. The van der Waals surface area contributed by atoms with Crippen molar-refractivity contribution in [1.29, 1.82) is 0 Å². The van der Waals surface area contributed by atoms with E-state index in [1.807, 2.05) is 19.9 Å². The Labute approximate surface area is 328 Å². The first-order valence-corrected chi connectivity index (χ1v) is 24.2. The minimum absolute atomic E-state index is 0.103. The SMILES string of the molecule is CC1(C)C(C=C/C=C2/N(CCS(=O)(=O)O)c3ccc(S(=O)(=O)CCS(=O)(=O)O)cc3C2(C)C)=[N+](CCS(=O)(=O)O)c2ccc(SOOCCSOOO)cc21. The van der Waals surface area contributed by atoms with Crippen molar-refractivity contribution in [1.82, 2.24) is 0 Å². The van der Waals surface area contributed by atoms with Crippen molar-refractivity contribution in [3.05, 3.63) is 71.5 Å². The molecular weight excluding hydrogens is 849 g/mol. The molecule has 55 heavy (non-hydrogen) atoms. The Morgan fingerprint density at radius 2 is 1.47 bits per heavy atom. The van der Waals surface area contributed by atoms with E-state index in [1.165, 1.54) is 18.2 Å². The first-order valence-electron chi connectivity index (χ1n) is 16.1. The predicted octanol–water partition coefficient (Wildman–Crippen LogP) is 3.76. The van der Waals surface area contributed by atoms with Crippen LogP contribution in [0.4, 0.5) is 11.4 Å². The maximum atomic E-state index is 13.0. The molecule has 18 nitrogen and oxygen atoms in total. The highest BCUT2D eigenvalue weighted by Crippen LogP contribution is 2.49. The van der Waals surface area contributed by atoms with Gasteiger partial charge in [-0.1, -0.05) is 25.0 Å². The molecule has 0 fully saturated rings. The number of sulfone groups is 1. The fourth-order valence-electron chi connectivity index (χ4n) is 6.23. The van der Waals surface area contributed by atoms with Gasteiger partial charge < -0.3 is 4.90 Å². The molecule has 0 unspecified atom stereocenters. The summed E-state index contributed by atoms with van der Waals surface area (Å²) in [6.07, 6.45) is 5.10. The van der Waals surface area contributed by atoms with Gasteiger partial charge >= 0.3 is 0 Å². The normalized spacial score (nSPS) is 17.7. The third-order valence-electron chi connectivity index (χ3n) is 8.86. The van der Waals surface area contributed by atoms with Crippen LogP contribution in [0.15, 0.2) is 70.1 Å². The number of fused-ring (bicyclic) bond motifs is 2. The Morgan fingerprint density at radius 3 is 2.11 bits per heavy atom. The van der Waals surface area contributed by atoms with E-state index in [1.54, 1.807) is 53.7 Å². The van der Waals surface area contributed by atoms with Gasteiger partial charge in [0.2, 0.25) is 5.69 Å². The average molecular weight is 890 g/mol. The molecule has 0 amide bonds. The van der Waals surface area contributed by atoms with Crippen LogP contribution in [0.2, 0.25) is 0 Å². The first kappa shape index (κ1) is 45.3. The summed E-state index contributed by atoms with van der Waals surface area (Å²) < 4.78 is 136. The van der Waals surface area contributed by atoms with Gasteiger partial charge in [0, 0.05) is 63.7 Å². The van der Waals surface area contributed by atoms with Gasteiger partial charge in [-0.2, -0.15) is 34.2 Å². The molecule has 2 aromatic rings. The van der Waals surface area contributed by atoms with Crippen molar-refractivity contribution in [2.45, 2.75) is 48.3 Å². The molecule has 0 aliphatic carbocycles. The van der Waals surface area contributed by atoms with E-state index in [2.05, 4.69) is 9.37 Å². The van der Waals surface area contributed by atoms with E-state index in [9.17, 15) is 42.8 Å². The second-order valence-corrected chi connectivity index (χ2v) is 21.7. The first-order chi connectivity index (χ1) is 25.4. The molecule has 306 valence electrons. The summed E-state index contributed by atoms with van der Waals surface area (Å²) in [6.45, 7) is 7.15. The van der Waals surface area contributed by atoms with E-state index in [-0.39, 0.29) is 30.3 Å². The van der Waals surface area contributed by atoms with Crippen LogP contribution in [0.5, 0.6) is 0 Å². The molecule has 0 radical (unpaired) electrons. The van der Waals surface area contributed by atoms with Gasteiger partial charge in [0.05, 0.1) is 46.2 Å². The van der Waals surface area contributed by atoms with Gasteiger partial charge in [-0.3, -0.25) is 13.7 Å². The lowest BCUT2D eigenvalue weighted by molar-refractivity contribution is -0.432. The molecule has 0 bridgehead atoms. The van der Waals surface area contributed by atoms with Crippen molar-refractivity contribution in [3.8, 4) is 0 Å². The zero-order valence-corrected chi connectivity index (χ0v) is 34.8. The minimum Gasteiger partial charge on any atom is -0.343 e. The number of rotatable bonds is 20. The summed E-state index contributed by atoms with van der Waals surface area (Å²) in [5, 5.41) is 11.7. The smallest absolute Gasteiger partial charge is 0.271 e. The van der Waals surface area contributed by atoms with Crippen molar-refractivity contribution >= 4 is 81.4 Å². The van der Waals surface area contributed by atoms with Gasteiger partial charge in [-0.15, -0.1) is 4.33 Å². The zero-order chi connectivity index (χ0) is 41.0. The Hall–Kier alpha value is -2.43. The van der Waals surface area contributed by atoms with Crippen LogP contribution in [0.1, 0.15) is 38.8 Å². The molecule has 2 aliphatic heterocycles. The van der Waals surface area contributed by atoms with Crippen LogP contribution in [-0.2, 0) is 69.6 Å². The number of benzene rings is 2. The average Bonchev–Trinajstić information content (AvgIpc) is 3.41. The quantitative estimate of drug-likeness (QED) is 0.0368. The number of nitrogens with zero attached hydrogens (tertiary/aromatic N) is 2. The largest absolute Gasteiger partial charge is 0.343 e. The lowest BCUT2D eigenvalue weighted by atomic mass is 9.81.